The summed E-state index contributed by atoms with van der Waals surface area (Å²) >= 11 is 0. The Hall–Kier alpha value is -3.04. The van der Waals surface area contributed by atoms with Crippen LogP contribution in [0, 0.1) is 0 Å². The molecule has 0 saturated carbocycles. The molecule has 0 spiro atoms. The van der Waals surface area contributed by atoms with Crippen LogP contribution in [0.1, 0.15) is 16.8 Å². The third kappa shape index (κ3) is 4.83. The summed E-state index contributed by atoms with van der Waals surface area (Å²) in [6.45, 7) is 8.25. The van der Waals surface area contributed by atoms with Crippen molar-refractivity contribution in [3.05, 3.63) is 40.7 Å². The van der Waals surface area contributed by atoms with Gasteiger partial charge < -0.3 is 29.2 Å². The fourth-order valence-corrected chi connectivity index (χ4v) is 3.69. The van der Waals surface area contributed by atoms with Crippen LogP contribution in [0.3, 0.4) is 0 Å². The summed E-state index contributed by atoms with van der Waals surface area (Å²) in [6.07, 6.45) is 2.28. The van der Waals surface area contributed by atoms with E-state index >= 15 is 0 Å². The minimum Gasteiger partial charge on any atom is -0.506 e. The molecule has 2 N–H and O–H groups in total. The Morgan fingerprint density at radius 1 is 1.26 bits per heavy atom. The molecular formula is C22H29N3O6. The van der Waals surface area contributed by atoms with Crippen LogP contribution in [0.5, 0.6) is 17.2 Å². The third-order valence-corrected chi connectivity index (χ3v) is 5.32. The molecule has 1 amide bonds. The van der Waals surface area contributed by atoms with Crippen LogP contribution in [0.15, 0.2) is 29.6 Å². The number of allylic oxidation sites excluding steroid dienone is 1. The molecule has 0 aliphatic carbocycles. The van der Waals surface area contributed by atoms with Gasteiger partial charge in [-0.1, -0.05) is 6.08 Å². The highest BCUT2D eigenvalue weighted by atomic mass is 16.5. The van der Waals surface area contributed by atoms with Gasteiger partial charge >= 0.3 is 0 Å². The summed E-state index contributed by atoms with van der Waals surface area (Å²) in [5.74, 6) is -0.205. The number of fused-ring (bicyclic) bond motifs is 1. The van der Waals surface area contributed by atoms with E-state index in [0.717, 1.165) is 26.1 Å². The molecule has 2 aromatic rings. The zero-order chi connectivity index (χ0) is 22.4. The van der Waals surface area contributed by atoms with E-state index in [4.69, 9.17) is 14.2 Å². The average Bonchev–Trinajstić information content (AvgIpc) is 2.79. The van der Waals surface area contributed by atoms with Crippen LogP contribution in [-0.4, -0.2) is 74.1 Å². The Balaban J connectivity index is 1.88. The van der Waals surface area contributed by atoms with E-state index in [1.165, 1.54) is 18.8 Å². The number of carbonyl (C=O) groups is 1. The number of ether oxygens (including phenoxy) is 3. The van der Waals surface area contributed by atoms with Crippen molar-refractivity contribution in [2.75, 3.05) is 53.6 Å². The number of methoxy groups -OCH3 is 2. The Labute approximate surface area is 180 Å². The first kappa shape index (κ1) is 22.6. The predicted molar refractivity (Wildman–Crippen MR) is 117 cm³/mol. The molecule has 1 aromatic heterocycles. The normalized spacial score (nSPS) is 14.4. The Morgan fingerprint density at radius 2 is 1.94 bits per heavy atom. The van der Waals surface area contributed by atoms with Crippen LogP contribution in [0.2, 0.25) is 0 Å². The van der Waals surface area contributed by atoms with Crippen molar-refractivity contribution in [3.63, 3.8) is 0 Å². The standard InChI is InChI=1S/C22H29N3O6/c1-4-7-25-16-14-18(30-3)17(29-2)13-15(16)20(26)19(22(25)28)21(27)23-6-5-8-24-9-11-31-12-10-24/h4,13-14,26H,1,5-12H2,2-3H3,(H,23,27). The largest absolute Gasteiger partial charge is 0.506 e. The summed E-state index contributed by atoms with van der Waals surface area (Å²) in [6, 6.07) is 3.15. The van der Waals surface area contributed by atoms with Crippen LogP contribution in [-0.2, 0) is 11.3 Å². The molecule has 0 atom stereocenters. The molecule has 2 heterocycles. The zero-order valence-electron chi connectivity index (χ0n) is 18.0. The van der Waals surface area contributed by atoms with Crippen LogP contribution < -0.4 is 20.3 Å². The number of rotatable bonds is 9. The highest BCUT2D eigenvalue weighted by molar-refractivity contribution is 6.03. The van der Waals surface area contributed by atoms with Crippen LogP contribution >= 0.6 is 0 Å². The SMILES string of the molecule is C=CCn1c(=O)c(C(=O)NCCCN2CCOCC2)c(O)c2cc(OC)c(OC)cc21. The number of hydrogen-bond donors (Lipinski definition) is 2. The molecule has 1 aliphatic rings. The summed E-state index contributed by atoms with van der Waals surface area (Å²) < 4.78 is 17.3. The lowest BCUT2D eigenvalue weighted by atomic mass is 10.1. The van der Waals surface area contributed by atoms with Gasteiger partial charge in [-0.05, 0) is 19.0 Å². The smallest absolute Gasteiger partial charge is 0.268 e. The molecule has 0 bridgehead atoms. The number of nitrogens with zero attached hydrogens (tertiary/aromatic N) is 2. The lowest BCUT2D eigenvalue weighted by Crippen LogP contribution is -2.38. The van der Waals surface area contributed by atoms with Gasteiger partial charge in [-0.3, -0.25) is 14.5 Å². The first-order valence-corrected chi connectivity index (χ1v) is 10.2. The molecule has 9 nitrogen and oxygen atoms in total. The lowest BCUT2D eigenvalue weighted by molar-refractivity contribution is 0.0374. The molecule has 31 heavy (non-hydrogen) atoms. The van der Waals surface area contributed by atoms with Crippen molar-refractivity contribution < 1.29 is 24.1 Å². The van der Waals surface area contributed by atoms with Crippen molar-refractivity contribution >= 4 is 16.8 Å². The van der Waals surface area contributed by atoms with E-state index in [1.807, 2.05) is 0 Å². The second-order valence-electron chi connectivity index (χ2n) is 7.22. The summed E-state index contributed by atoms with van der Waals surface area (Å²) in [5, 5.41) is 13.9. The van der Waals surface area contributed by atoms with Crippen LogP contribution in [0.25, 0.3) is 10.9 Å². The molecule has 9 heteroatoms. The van der Waals surface area contributed by atoms with E-state index in [2.05, 4.69) is 16.8 Å². The zero-order valence-corrected chi connectivity index (χ0v) is 18.0. The van der Waals surface area contributed by atoms with E-state index < -0.39 is 11.5 Å². The first-order valence-electron chi connectivity index (χ1n) is 10.2. The van der Waals surface area contributed by atoms with E-state index in [0.29, 0.717) is 42.2 Å². The fraction of sp³-hybridized carbons (Fsp3) is 0.455. The summed E-state index contributed by atoms with van der Waals surface area (Å²) in [5.41, 5.74) is -0.473. The van der Waals surface area contributed by atoms with Crippen LogP contribution in [0.4, 0.5) is 0 Å². The van der Waals surface area contributed by atoms with E-state index in [-0.39, 0.29) is 17.9 Å². The molecule has 3 rings (SSSR count). The van der Waals surface area contributed by atoms with Gasteiger partial charge in [0.05, 0.1) is 33.0 Å². The number of nitrogens with one attached hydrogen (secondary N) is 1. The highest BCUT2D eigenvalue weighted by Crippen LogP contribution is 2.36. The number of benzene rings is 1. The second-order valence-corrected chi connectivity index (χ2v) is 7.22. The van der Waals surface area contributed by atoms with Gasteiger partial charge in [-0.2, -0.15) is 0 Å². The van der Waals surface area contributed by atoms with Gasteiger partial charge in [-0.15, -0.1) is 6.58 Å². The number of hydrogen-bond acceptors (Lipinski definition) is 7. The molecule has 1 fully saturated rings. The van der Waals surface area contributed by atoms with Crippen molar-refractivity contribution in [1.29, 1.82) is 0 Å². The molecule has 1 saturated heterocycles. The molecule has 1 aromatic carbocycles. The van der Waals surface area contributed by atoms with E-state index in [1.54, 1.807) is 18.2 Å². The Bertz CT molecular complexity index is 1010. The molecule has 0 unspecified atom stereocenters. The minimum atomic E-state index is -0.612. The number of aromatic nitrogens is 1. The van der Waals surface area contributed by atoms with Gasteiger partial charge in [-0.25, -0.2) is 0 Å². The summed E-state index contributed by atoms with van der Waals surface area (Å²) in [4.78, 5) is 28.1. The lowest BCUT2D eigenvalue weighted by Gasteiger charge is -2.26. The van der Waals surface area contributed by atoms with Gasteiger partial charge in [0.15, 0.2) is 11.5 Å². The average molecular weight is 431 g/mol. The minimum absolute atomic E-state index is 0.169. The number of aromatic hydroxyl groups is 1. The maximum absolute atomic E-state index is 13.1. The third-order valence-electron chi connectivity index (χ3n) is 5.32. The van der Waals surface area contributed by atoms with Crippen molar-refractivity contribution in [1.82, 2.24) is 14.8 Å². The van der Waals surface area contributed by atoms with E-state index in [9.17, 15) is 14.7 Å². The maximum Gasteiger partial charge on any atom is 0.268 e. The monoisotopic (exact) mass is 431 g/mol. The maximum atomic E-state index is 13.1. The Kier molecular flexibility index (Phi) is 7.54. The van der Waals surface area contributed by atoms with Gasteiger partial charge in [0.2, 0.25) is 0 Å². The highest BCUT2D eigenvalue weighted by Gasteiger charge is 2.23. The summed E-state index contributed by atoms with van der Waals surface area (Å²) in [7, 11) is 2.96. The molecule has 168 valence electrons. The molecular weight excluding hydrogens is 402 g/mol. The number of amides is 1. The molecule has 0 radical (unpaired) electrons. The van der Waals surface area contributed by atoms with Gasteiger partial charge in [0.25, 0.3) is 11.5 Å². The first-order chi connectivity index (χ1) is 15.0. The Morgan fingerprint density at radius 3 is 2.58 bits per heavy atom. The number of pyridine rings is 1. The quantitative estimate of drug-likeness (QED) is 0.457. The van der Waals surface area contributed by atoms with Gasteiger partial charge in [0.1, 0.15) is 11.3 Å². The van der Waals surface area contributed by atoms with Crippen molar-refractivity contribution in [2.45, 2.75) is 13.0 Å². The molecule has 1 aliphatic heterocycles. The fourth-order valence-electron chi connectivity index (χ4n) is 3.69. The number of morpholine rings is 1. The number of carbonyl (C=O) groups excluding carboxylic acids is 1. The second kappa shape index (κ2) is 10.3. The predicted octanol–water partition coefficient (Wildman–Crippen LogP) is 1.36. The van der Waals surface area contributed by atoms with Gasteiger partial charge in [0, 0.05) is 37.6 Å². The van der Waals surface area contributed by atoms with Crippen molar-refractivity contribution in [3.8, 4) is 17.2 Å². The topological polar surface area (TPSA) is 102 Å². The van der Waals surface area contributed by atoms with Crippen molar-refractivity contribution in [2.24, 2.45) is 0 Å².